The van der Waals surface area contributed by atoms with Crippen LogP contribution >= 0.6 is 46.5 Å². The van der Waals surface area contributed by atoms with Crippen molar-refractivity contribution in [1.29, 1.82) is 0 Å². The Labute approximate surface area is 164 Å². The van der Waals surface area contributed by atoms with Gasteiger partial charge in [0, 0.05) is 15.8 Å². The zero-order chi connectivity index (χ0) is 17.6. The molecule has 0 aliphatic rings. The first-order valence-electron chi connectivity index (χ1n) is 7.59. The predicted octanol–water partition coefficient (Wildman–Crippen LogP) is 6.02. The van der Waals surface area contributed by atoms with Crippen molar-refractivity contribution in [2.75, 3.05) is 5.75 Å². The standard InChI is InChI=1S/C18H15ClN2OS3/c1-12(14-9-5-6-10-15(14)19)24-18-21-20-17(25-18)23-11-16(22)13-7-3-2-4-8-13/h2-10,12H,11H2,1H3/t12-/m1/s1. The summed E-state index contributed by atoms with van der Waals surface area (Å²) >= 11 is 10.8. The summed E-state index contributed by atoms with van der Waals surface area (Å²) in [6.45, 7) is 2.10. The molecule has 2 aromatic carbocycles. The Morgan fingerprint density at radius 1 is 1.08 bits per heavy atom. The summed E-state index contributed by atoms with van der Waals surface area (Å²) in [7, 11) is 0. The number of thioether (sulfide) groups is 2. The fourth-order valence-electron chi connectivity index (χ4n) is 2.16. The molecule has 3 nitrogen and oxygen atoms in total. The number of carbonyl (C=O) groups excluding carboxylic acids is 1. The molecule has 0 bridgehead atoms. The Morgan fingerprint density at radius 2 is 1.76 bits per heavy atom. The number of Topliss-reactive ketones (excluding diaryl/α,β-unsaturated/α-hetero) is 1. The van der Waals surface area contributed by atoms with Crippen LogP contribution in [0.15, 0.2) is 63.3 Å². The van der Waals surface area contributed by atoms with Gasteiger partial charge in [-0.25, -0.2) is 0 Å². The smallest absolute Gasteiger partial charge is 0.175 e. The average molecular weight is 407 g/mol. The number of hydrogen-bond acceptors (Lipinski definition) is 6. The maximum absolute atomic E-state index is 12.1. The number of nitrogens with zero attached hydrogens (tertiary/aromatic N) is 2. The van der Waals surface area contributed by atoms with Gasteiger partial charge in [-0.3, -0.25) is 4.79 Å². The van der Waals surface area contributed by atoms with E-state index in [4.69, 9.17) is 11.6 Å². The van der Waals surface area contributed by atoms with Crippen molar-refractivity contribution in [2.24, 2.45) is 0 Å². The summed E-state index contributed by atoms with van der Waals surface area (Å²) in [5, 5.41) is 9.34. The topological polar surface area (TPSA) is 42.9 Å². The monoisotopic (exact) mass is 406 g/mol. The molecule has 0 aliphatic carbocycles. The van der Waals surface area contributed by atoms with Crippen molar-refractivity contribution in [3.05, 3.63) is 70.7 Å². The molecule has 0 aliphatic heterocycles. The third kappa shape index (κ3) is 5.07. The Bertz CT molecular complexity index is 854. The number of ketones is 1. The first-order chi connectivity index (χ1) is 12.1. The van der Waals surface area contributed by atoms with Crippen LogP contribution in [0.4, 0.5) is 0 Å². The van der Waals surface area contributed by atoms with Crippen molar-refractivity contribution in [2.45, 2.75) is 20.9 Å². The van der Waals surface area contributed by atoms with Crippen molar-refractivity contribution >= 4 is 52.2 Å². The zero-order valence-electron chi connectivity index (χ0n) is 13.4. The van der Waals surface area contributed by atoms with Gasteiger partial charge < -0.3 is 0 Å². The van der Waals surface area contributed by atoms with E-state index in [1.54, 1.807) is 11.8 Å². The van der Waals surface area contributed by atoms with E-state index in [0.29, 0.717) is 5.75 Å². The van der Waals surface area contributed by atoms with E-state index >= 15 is 0 Å². The SMILES string of the molecule is C[C@@H](Sc1nnc(SCC(=O)c2ccccc2)s1)c1ccccc1Cl. The molecular weight excluding hydrogens is 392 g/mol. The third-order valence-corrected chi connectivity index (χ3v) is 7.06. The molecule has 0 radical (unpaired) electrons. The van der Waals surface area contributed by atoms with Gasteiger partial charge in [-0.1, -0.05) is 95.0 Å². The molecule has 3 aromatic rings. The van der Waals surface area contributed by atoms with E-state index < -0.39 is 0 Å². The second-order valence-electron chi connectivity index (χ2n) is 5.19. The molecule has 3 rings (SSSR count). The van der Waals surface area contributed by atoms with Crippen LogP contribution in [0.3, 0.4) is 0 Å². The van der Waals surface area contributed by atoms with E-state index in [2.05, 4.69) is 17.1 Å². The van der Waals surface area contributed by atoms with Gasteiger partial charge in [-0.2, -0.15) is 0 Å². The first-order valence-corrected chi connectivity index (χ1v) is 10.6. The average Bonchev–Trinajstić information content (AvgIpc) is 3.08. The Morgan fingerprint density at radius 3 is 2.52 bits per heavy atom. The Balaban J connectivity index is 1.57. The molecule has 7 heteroatoms. The molecule has 0 saturated carbocycles. The molecule has 0 N–H and O–H groups in total. The highest BCUT2D eigenvalue weighted by atomic mass is 35.5. The summed E-state index contributed by atoms with van der Waals surface area (Å²) in [6, 6.07) is 17.1. The molecule has 1 atom stereocenters. The molecule has 0 spiro atoms. The second-order valence-corrected chi connectivity index (χ2v) is 9.39. The van der Waals surface area contributed by atoms with Crippen LogP contribution in [-0.4, -0.2) is 21.7 Å². The molecule has 0 fully saturated rings. The number of rotatable bonds is 7. The molecule has 0 saturated heterocycles. The van der Waals surface area contributed by atoms with Crippen molar-refractivity contribution < 1.29 is 4.79 Å². The second kappa shape index (κ2) is 8.85. The van der Waals surface area contributed by atoms with Crippen LogP contribution in [0.5, 0.6) is 0 Å². The van der Waals surface area contributed by atoms with Gasteiger partial charge in [0.2, 0.25) is 0 Å². The van der Waals surface area contributed by atoms with Crippen LogP contribution in [0.25, 0.3) is 0 Å². The largest absolute Gasteiger partial charge is 0.293 e. The number of hydrogen-bond donors (Lipinski definition) is 0. The number of halogens is 1. The zero-order valence-corrected chi connectivity index (χ0v) is 16.6. The minimum absolute atomic E-state index is 0.0967. The van der Waals surface area contributed by atoms with E-state index in [9.17, 15) is 4.79 Å². The minimum atomic E-state index is 0.0967. The van der Waals surface area contributed by atoms with Crippen molar-refractivity contribution in [1.82, 2.24) is 10.2 Å². The normalized spacial score (nSPS) is 12.1. The van der Waals surface area contributed by atoms with Gasteiger partial charge in [0.1, 0.15) is 0 Å². The summed E-state index contributed by atoms with van der Waals surface area (Å²) < 4.78 is 1.68. The van der Waals surface area contributed by atoms with Crippen LogP contribution < -0.4 is 0 Å². The molecule has 1 heterocycles. The highest BCUT2D eigenvalue weighted by molar-refractivity contribution is 8.03. The van der Waals surface area contributed by atoms with E-state index in [0.717, 1.165) is 24.8 Å². The van der Waals surface area contributed by atoms with Gasteiger partial charge in [0.25, 0.3) is 0 Å². The lowest BCUT2D eigenvalue weighted by Gasteiger charge is -2.10. The van der Waals surface area contributed by atoms with Crippen LogP contribution in [0, 0.1) is 0 Å². The van der Waals surface area contributed by atoms with E-state index in [-0.39, 0.29) is 11.0 Å². The maximum atomic E-state index is 12.1. The highest BCUT2D eigenvalue weighted by Crippen LogP contribution is 2.40. The highest BCUT2D eigenvalue weighted by Gasteiger charge is 2.15. The van der Waals surface area contributed by atoms with Gasteiger partial charge in [-0.05, 0) is 18.6 Å². The van der Waals surface area contributed by atoms with Gasteiger partial charge in [0.15, 0.2) is 14.5 Å². The fourth-order valence-corrected chi connectivity index (χ4v) is 5.75. The Kier molecular flexibility index (Phi) is 6.53. The fraction of sp³-hybridized carbons (Fsp3) is 0.167. The molecule has 1 aromatic heterocycles. The molecule has 0 amide bonds. The number of aromatic nitrogens is 2. The molecule has 0 unspecified atom stereocenters. The summed E-state index contributed by atoms with van der Waals surface area (Å²) in [5.74, 6) is 0.461. The maximum Gasteiger partial charge on any atom is 0.175 e. The van der Waals surface area contributed by atoms with Gasteiger partial charge in [-0.15, -0.1) is 10.2 Å². The number of carbonyl (C=O) groups is 1. The Hall–Kier alpha value is -1.34. The third-order valence-electron chi connectivity index (χ3n) is 3.43. The summed E-state index contributed by atoms with van der Waals surface area (Å²) in [5.41, 5.74) is 1.80. The lowest BCUT2D eigenvalue weighted by molar-refractivity contribution is 0.102. The summed E-state index contributed by atoms with van der Waals surface area (Å²) in [6.07, 6.45) is 0. The van der Waals surface area contributed by atoms with Crippen molar-refractivity contribution in [3.8, 4) is 0 Å². The van der Waals surface area contributed by atoms with Crippen LogP contribution in [-0.2, 0) is 0 Å². The molecule has 25 heavy (non-hydrogen) atoms. The lowest BCUT2D eigenvalue weighted by Crippen LogP contribution is -2.01. The van der Waals surface area contributed by atoms with Gasteiger partial charge in [0.05, 0.1) is 5.75 Å². The first kappa shape index (κ1) is 18.5. The molecular formula is C18H15ClN2OS3. The van der Waals surface area contributed by atoms with Gasteiger partial charge >= 0.3 is 0 Å². The van der Waals surface area contributed by atoms with E-state index in [1.807, 2.05) is 54.6 Å². The lowest BCUT2D eigenvalue weighted by atomic mass is 10.2. The quantitative estimate of drug-likeness (QED) is 0.354. The minimum Gasteiger partial charge on any atom is -0.293 e. The summed E-state index contributed by atoms with van der Waals surface area (Å²) in [4.78, 5) is 12.1. The van der Waals surface area contributed by atoms with E-state index in [1.165, 1.54) is 23.1 Å². The number of benzene rings is 2. The van der Waals surface area contributed by atoms with Crippen molar-refractivity contribution in [3.63, 3.8) is 0 Å². The molecule has 128 valence electrons. The van der Waals surface area contributed by atoms with Crippen LogP contribution in [0.1, 0.15) is 28.1 Å². The predicted molar refractivity (Wildman–Crippen MR) is 107 cm³/mol. The van der Waals surface area contributed by atoms with Crippen LogP contribution in [0.2, 0.25) is 5.02 Å².